The minimum absolute atomic E-state index is 0.0458. The predicted molar refractivity (Wildman–Crippen MR) is 90.7 cm³/mol. The highest BCUT2D eigenvalue weighted by Gasteiger charge is 2.41. The molecule has 0 unspecified atom stereocenters. The highest BCUT2D eigenvalue weighted by atomic mass is 16.6. The summed E-state index contributed by atoms with van der Waals surface area (Å²) in [6.07, 6.45) is 3.05. The molecule has 0 saturated heterocycles. The van der Waals surface area contributed by atoms with Gasteiger partial charge >= 0.3 is 0 Å². The zero-order valence-electron chi connectivity index (χ0n) is 13.5. The van der Waals surface area contributed by atoms with Crippen LogP contribution in [0.3, 0.4) is 0 Å². The molecule has 1 saturated carbocycles. The van der Waals surface area contributed by atoms with Gasteiger partial charge in [-0.1, -0.05) is 0 Å². The van der Waals surface area contributed by atoms with E-state index < -0.39 is 4.92 Å². The topological polar surface area (TPSA) is 101 Å². The van der Waals surface area contributed by atoms with E-state index in [1.54, 1.807) is 12.1 Å². The second-order valence-electron chi connectivity index (χ2n) is 6.35. The molecule has 0 bridgehead atoms. The van der Waals surface area contributed by atoms with Gasteiger partial charge in [0.25, 0.3) is 5.69 Å². The van der Waals surface area contributed by atoms with Gasteiger partial charge in [-0.2, -0.15) is 0 Å². The summed E-state index contributed by atoms with van der Waals surface area (Å²) in [7, 11) is 0. The first-order valence-electron chi connectivity index (χ1n) is 7.97. The summed E-state index contributed by atoms with van der Waals surface area (Å²) >= 11 is 0. The van der Waals surface area contributed by atoms with Gasteiger partial charge in [-0.25, -0.2) is 9.97 Å². The van der Waals surface area contributed by atoms with Crippen molar-refractivity contribution in [3.05, 3.63) is 46.1 Å². The van der Waals surface area contributed by atoms with Gasteiger partial charge in [0, 0.05) is 42.6 Å². The maximum atomic E-state index is 10.7. The molecule has 2 aromatic rings. The normalized spacial score (nSPS) is 15.1. The SMILES string of the molecule is Cc1cc(NCC2(CCO)CC2)nc(-c2ccc([N+](=O)[O-])cc2)n1. The molecule has 1 aromatic carbocycles. The van der Waals surface area contributed by atoms with Crippen LogP contribution < -0.4 is 5.32 Å². The third-order valence-electron chi connectivity index (χ3n) is 4.43. The predicted octanol–water partition coefficient (Wildman–Crippen LogP) is 2.93. The van der Waals surface area contributed by atoms with E-state index in [-0.39, 0.29) is 17.7 Å². The van der Waals surface area contributed by atoms with Crippen molar-refractivity contribution in [1.82, 2.24) is 9.97 Å². The number of aliphatic hydroxyl groups excluding tert-OH is 1. The smallest absolute Gasteiger partial charge is 0.269 e. The van der Waals surface area contributed by atoms with Crippen LogP contribution in [-0.4, -0.2) is 33.1 Å². The fourth-order valence-electron chi connectivity index (χ4n) is 2.73. The molecule has 24 heavy (non-hydrogen) atoms. The van der Waals surface area contributed by atoms with Crippen LogP contribution in [0.2, 0.25) is 0 Å². The third kappa shape index (κ3) is 3.68. The Kier molecular flexibility index (Phi) is 4.44. The number of nitrogens with zero attached hydrogens (tertiary/aromatic N) is 3. The lowest BCUT2D eigenvalue weighted by atomic mass is 10.0. The number of anilines is 1. The van der Waals surface area contributed by atoms with Gasteiger partial charge < -0.3 is 10.4 Å². The summed E-state index contributed by atoms with van der Waals surface area (Å²) in [5.74, 6) is 1.28. The Bertz CT molecular complexity index is 742. The minimum Gasteiger partial charge on any atom is -0.396 e. The molecular weight excluding hydrogens is 308 g/mol. The second kappa shape index (κ2) is 6.52. The number of benzene rings is 1. The summed E-state index contributed by atoms with van der Waals surface area (Å²) in [6.45, 7) is 2.88. The van der Waals surface area contributed by atoms with Crippen LogP contribution in [0.1, 0.15) is 25.0 Å². The first-order chi connectivity index (χ1) is 11.5. The van der Waals surface area contributed by atoms with Crippen molar-refractivity contribution in [3.8, 4) is 11.4 Å². The van der Waals surface area contributed by atoms with Gasteiger partial charge in [-0.05, 0) is 43.7 Å². The van der Waals surface area contributed by atoms with E-state index in [4.69, 9.17) is 5.11 Å². The number of nitro groups is 1. The second-order valence-corrected chi connectivity index (χ2v) is 6.35. The lowest BCUT2D eigenvalue weighted by molar-refractivity contribution is -0.384. The van der Waals surface area contributed by atoms with Crippen LogP contribution >= 0.6 is 0 Å². The number of aliphatic hydroxyl groups is 1. The van der Waals surface area contributed by atoms with Crippen molar-refractivity contribution in [2.75, 3.05) is 18.5 Å². The Balaban J connectivity index is 1.77. The highest BCUT2D eigenvalue weighted by molar-refractivity contribution is 5.59. The van der Waals surface area contributed by atoms with E-state index in [2.05, 4.69) is 15.3 Å². The summed E-state index contributed by atoms with van der Waals surface area (Å²) in [5, 5.41) is 23.2. The molecule has 3 rings (SSSR count). The van der Waals surface area contributed by atoms with E-state index >= 15 is 0 Å². The molecule has 7 nitrogen and oxygen atoms in total. The molecule has 0 spiro atoms. The van der Waals surface area contributed by atoms with E-state index in [1.165, 1.54) is 12.1 Å². The van der Waals surface area contributed by atoms with Gasteiger partial charge in [0.15, 0.2) is 5.82 Å². The van der Waals surface area contributed by atoms with Gasteiger partial charge in [0.1, 0.15) is 5.82 Å². The van der Waals surface area contributed by atoms with E-state index in [9.17, 15) is 10.1 Å². The lowest BCUT2D eigenvalue weighted by Gasteiger charge is -2.15. The summed E-state index contributed by atoms with van der Waals surface area (Å²) < 4.78 is 0. The van der Waals surface area contributed by atoms with Crippen LogP contribution in [0.5, 0.6) is 0 Å². The monoisotopic (exact) mass is 328 g/mol. The highest BCUT2D eigenvalue weighted by Crippen LogP contribution is 2.48. The number of rotatable bonds is 7. The van der Waals surface area contributed by atoms with Crippen LogP contribution in [0.25, 0.3) is 11.4 Å². The number of nitro benzene ring substituents is 1. The summed E-state index contributed by atoms with van der Waals surface area (Å²) in [6, 6.07) is 8.10. The van der Waals surface area contributed by atoms with Crippen molar-refractivity contribution >= 4 is 11.5 Å². The molecular formula is C17H20N4O3. The first kappa shape index (κ1) is 16.3. The van der Waals surface area contributed by atoms with Gasteiger partial charge in [-0.3, -0.25) is 10.1 Å². The number of aromatic nitrogens is 2. The van der Waals surface area contributed by atoms with E-state index in [0.717, 1.165) is 42.9 Å². The van der Waals surface area contributed by atoms with Crippen molar-refractivity contribution in [2.24, 2.45) is 5.41 Å². The van der Waals surface area contributed by atoms with Gasteiger partial charge in [0.2, 0.25) is 0 Å². The van der Waals surface area contributed by atoms with Gasteiger partial charge in [-0.15, -0.1) is 0 Å². The molecule has 1 heterocycles. The fourth-order valence-corrected chi connectivity index (χ4v) is 2.73. The van der Waals surface area contributed by atoms with Crippen LogP contribution in [0, 0.1) is 22.5 Å². The Morgan fingerprint density at radius 1 is 1.29 bits per heavy atom. The Morgan fingerprint density at radius 2 is 2.00 bits per heavy atom. The zero-order valence-corrected chi connectivity index (χ0v) is 13.5. The zero-order chi connectivity index (χ0) is 17.2. The number of hydrogen-bond acceptors (Lipinski definition) is 6. The maximum absolute atomic E-state index is 10.7. The molecule has 0 amide bonds. The Morgan fingerprint density at radius 3 is 2.58 bits per heavy atom. The largest absolute Gasteiger partial charge is 0.396 e. The average Bonchev–Trinajstić information content (AvgIpc) is 3.33. The Labute approximate surface area is 139 Å². The lowest BCUT2D eigenvalue weighted by Crippen LogP contribution is -2.17. The van der Waals surface area contributed by atoms with Crippen molar-refractivity contribution < 1.29 is 10.0 Å². The first-order valence-corrected chi connectivity index (χ1v) is 7.97. The minimum atomic E-state index is -0.426. The standard InChI is InChI=1S/C17H20N4O3/c1-12-10-15(18-11-17(6-7-17)8-9-22)20-16(19-12)13-2-4-14(5-3-13)21(23)24/h2-5,10,22H,6-9,11H2,1H3,(H,18,19,20). The number of hydrogen-bond donors (Lipinski definition) is 2. The molecule has 126 valence electrons. The number of non-ortho nitro benzene ring substituents is 1. The molecule has 0 atom stereocenters. The molecule has 0 aliphatic heterocycles. The summed E-state index contributed by atoms with van der Waals surface area (Å²) in [4.78, 5) is 19.2. The molecule has 1 aliphatic rings. The van der Waals surface area contributed by atoms with Crippen LogP contribution in [0.4, 0.5) is 11.5 Å². The van der Waals surface area contributed by atoms with E-state index in [0.29, 0.717) is 5.82 Å². The molecule has 2 N–H and O–H groups in total. The van der Waals surface area contributed by atoms with Crippen molar-refractivity contribution in [1.29, 1.82) is 0 Å². The quantitative estimate of drug-likeness (QED) is 0.598. The Hall–Kier alpha value is -2.54. The molecule has 1 aliphatic carbocycles. The number of aryl methyl sites for hydroxylation is 1. The van der Waals surface area contributed by atoms with Crippen LogP contribution in [-0.2, 0) is 0 Å². The molecule has 1 fully saturated rings. The molecule has 0 radical (unpaired) electrons. The van der Waals surface area contributed by atoms with E-state index in [1.807, 2.05) is 13.0 Å². The number of nitrogens with one attached hydrogen (secondary N) is 1. The average molecular weight is 328 g/mol. The maximum Gasteiger partial charge on any atom is 0.269 e. The third-order valence-corrected chi connectivity index (χ3v) is 4.43. The molecule has 1 aromatic heterocycles. The fraction of sp³-hybridized carbons (Fsp3) is 0.412. The molecule has 7 heteroatoms. The summed E-state index contributed by atoms with van der Waals surface area (Å²) in [5.41, 5.74) is 1.81. The van der Waals surface area contributed by atoms with Crippen molar-refractivity contribution in [3.63, 3.8) is 0 Å². The van der Waals surface area contributed by atoms with Crippen molar-refractivity contribution in [2.45, 2.75) is 26.2 Å². The van der Waals surface area contributed by atoms with Crippen LogP contribution in [0.15, 0.2) is 30.3 Å². The van der Waals surface area contributed by atoms with Gasteiger partial charge in [0.05, 0.1) is 4.92 Å².